The maximum atomic E-state index is 13.3. The summed E-state index contributed by atoms with van der Waals surface area (Å²) >= 11 is 0. The second kappa shape index (κ2) is 9.55. The minimum absolute atomic E-state index is 0.0476. The van der Waals surface area contributed by atoms with E-state index in [9.17, 15) is 13.2 Å². The van der Waals surface area contributed by atoms with E-state index >= 15 is 0 Å². The van der Waals surface area contributed by atoms with E-state index in [0.717, 1.165) is 17.7 Å². The highest BCUT2D eigenvalue weighted by Crippen LogP contribution is 2.23. The van der Waals surface area contributed by atoms with Crippen LogP contribution in [0.3, 0.4) is 0 Å². The first kappa shape index (κ1) is 22.5. The van der Waals surface area contributed by atoms with Gasteiger partial charge in [-0.25, -0.2) is 13.1 Å². The molecule has 0 saturated heterocycles. The number of anilines is 1. The standard InChI is InChI=1S/C26H23N5O3S/c32-26(28-20-11-7-14-22(17-20)35(33,34)30-25-15-8-16-27-25)24-18-23(19-9-3-1-4-10-19)29-31(24)21-12-5-2-6-13-21/h1-7,9-14,17-18H,8,15-16H2,(H,27,30)(H,28,32). The molecule has 0 radical (unpaired) electrons. The van der Waals surface area contributed by atoms with Gasteiger partial charge in [0.1, 0.15) is 11.5 Å². The predicted octanol–water partition coefficient (Wildman–Crippen LogP) is 4.26. The van der Waals surface area contributed by atoms with E-state index in [1.165, 1.54) is 12.1 Å². The highest BCUT2D eigenvalue weighted by Gasteiger charge is 2.21. The number of sulfonamides is 1. The number of aromatic nitrogens is 2. The van der Waals surface area contributed by atoms with Crippen LogP contribution in [-0.2, 0) is 10.0 Å². The summed E-state index contributed by atoms with van der Waals surface area (Å²) in [6.45, 7) is 0.619. The molecule has 8 nitrogen and oxygen atoms in total. The van der Waals surface area contributed by atoms with Gasteiger partial charge in [0, 0.05) is 24.2 Å². The van der Waals surface area contributed by atoms with Crippen molar-refractivity contribution in [2.45, 2.75) is 17.7 Å². The van der Waals surface area contributed by atoms with Crippen LogP contribution in [0.1, 0.15) is 23.3 Å². The SMILES string of the molecule is O=C(Nc1cccc(S(=O)(=O)NC2=NCCC2)c1)c1cc(-c2ccccc2)nn1-c1ccccc1. The molecule has 176 valence electrons. The van der Waals surface area contributed by atoms with Crippen LogP contribution in [0.2, 0.25) is 0 Å². The summed E-state index contributed by atoms with van der Waals surface area (Å²) < 4.78 is 29.7. The van der Waals surface area contributed by atoms with Gasteiger partial charge in [-0.1, -0.05) is 54.6 Å². The van der Waals surface area contributed by atoms with Crippen molar-refractivity contribution in [1.82, 2.24) is 14.5 Å². The number of nitrogens with zero attached hydrogens (tertiary/aromatic N) is 3. The molecule has 1 amide bonds. The number of para-hydroxylation sites is 1. The van der Waals surface area contributed by atoms with Crippen LogP contribution in [-0.4, -0.2) is 36.5 Å². The van der Waals surface area contributed by atoms with Crippen molar-refractivity contribution in [3.05, 3.63) is 96.7 Å². The van der Waals surface area contributed by atoms with E-state index in [0.29, 0.717) is 35.9 Å². The first-order valence-electron chi connectivity index (χ1n) is 11.2. The first-order chi connectivity index (χ1) is 17.0. The summed E-state index contributed by atoms with van der Waals surface area (Å²) in [5.74, 6) is 0.0471. The van der Waals surface area contributed by atoms with E-state index < -0.39 is 15.9 Å². The van der Waals surface area contributed by atoms with Crippen molar-refractivity contribution in [2.75, 3.05) is 11.9 Å². The van der Waals surface area contributed by atoms with Gasteiger partial charge < -0.3 is 5.32 Å². The summed E-state index contributed by atoms with van der Waals surface area (Å²) in [6.07, 6.45) is 1.43. The zero-order valence-corrected chi connectivity index (χ0v) is 19.6. The van der Waals surface area contributed by atoms with Gasteiger partial charge in [0.2, 0.25) is 0 Å². The van der Waals surface area contributed by atoms with Crippen LogP contribution in [0.4, 0.5) is 5.69 Å². The summed E-state index contributed by atoms with van der Waals surface area (Å²) in [5, 5.41) is 7.48. The molecule has 0 unspecified atom stereocenters. The zero-order chi connectivity index (χ0) is 24.3. The highest BCUT2D eigenvalue weighted by molar-refractivity contribution is 7.90. The molecular formula is C26H23N5O3S. The van der Waals surface area contributed by atoms with Crippen molar-refractivity contribution in [1.29, 1.82) is 0 Å². The summed E-state index contributed by atoms with van der Waals surface area (Å²) in [6, 6.07) is 26.8. The van der Waals surface area contributed by atoms with Gasteiger partial charge in [0.15, 0.2) is 0 Å². The Morgan fingerprint density at radius 3 is 2.34 bits per heavy atom. The van der Waals surface area contributed by atoms with Gasteiger partial charge >= 0.3 is 0 Å². The Kier molecular flexibility index (Phi) is 6.15. The van der Waals surface area contributed by atoms with Crippen molar-refractivity contribution < 1.29 is 13.2 Å². The lowest BCUT2D eigenvalue weighted by Crippen LogP contribution is -2.29. The zero-order valence-electron chi connectivity index (χ0n) is 18.8. The van der Waals surface area contributed by atoms with Gasteiger partial charge in [-0.3, -0.25) is 14.5 Å². The third-order valence-electron chi connectivity index (χ3n) is 5.54. The molecular weight excluding hydrogens is 462 g/mol. The molecule has 1 aliphatic heterocycles. The number of benzene rings is 3. The summed E-state index contributed by atoms with van der Waals surface area (Å²) in [4.78, 5) is 17.6. The number of hydrogen-bond donors (Lipinski definition) is 2. The fraction of sp³-hybridized carbons (Fsp3) is 0.115. The second-order valence-electron chi connectivity index (χ2n) is 8.05. The molecule has 0 atom stereocenters. The molecule has 3 aromatic carbocycles. The summed E-state index contributed by atoms with van der Waals surface area (Å²) in [5.41, 5.74) is 2.94. The van der Waals surface area contributed by atoms with Gasteiger partial charge in [-0.05, 0) is 42.8 Å². The number of rotatable bonds is 6. The Morgan fingerprint density at radius 1 is 0.886 bits per heavy atom. The molecule has 0 spiro atoms. The van der Waals surface area contributed by atoms with E-state index in [1.54, 1.807) is 22.9 Å². The third kappa shape index (κ3) is 4.99. The summed E-state index contributed by atoms with van der Waals surface area (Å²) in [7, 11) is -3.80. The lowest BCUT2D eigenvalue weighted by atomic mass is 10.1. The number of carbonyl (C=O) groups excluding carboxylic acids is 1. The van der Waals surface area contributed by atoms with Crippen molar-refractivity contribution in [2.24, 2.45) is 4.99 Å². The van der Waals surface area contributed by atoms with Crippen LogP contribution in [0.15, 0.2) is 101 Å². The van der Waals surface area contributed by atoms with E-state index in [1.807, 2.05) is 60.7 Å². The molecule has 2 heterocycles. The van der Waals surface area contributed by atoms with Crippen molar-refractivity contribution in [3.63, 3.8) is 0 Å². The Balaban J connectivity index is 1.45. The molecule has 2 N–H and O–H groups in total. The average molecular weight is 486 g/mol. The molecule has 1 aliphatic rings. The Labute approximate surface area is 203 Å². The quantitative estimate of drug-likeness (QED) is 0.426. The molecule has 0 aliphatic carbocycles. The number of carbonyl (C=O) groups is 1. The maximum absolute atomic E-state index is 13.3. The normalized spacial score (nSPS) is 13.3. The molecule has 0 saturated carbocycles. The van der Waals surface area contributed by atoms with Gasteiger partial charge in [0.25, 0.3) is 15.9 Å². The fourth-order valence-corrected chi connectivity index (χ4v) is 4.97. The number of hydrogen-bond acceptors (Lipinski definition) is 5. The van der Waals surface area contributed by atoms with E-state index in [2.05, 4.69) is 20.1 Å². The molecule has 35 heavy (non-hydrogen) atoms. The average Bonchev–Trinajstić information content (AvgIpc) is 3.55. The second-order valence-corrected chi connectivity index (χ2v) is 9.73. The highest BCUT2D eigenvalue weighted by atomic mass is 32.2. The predicted molar refractivity (Wildman–Crippen MR) is 135 cm³/mol. The van der Waals surface area contributed by atoms with Crippen LogP contribution >= 0.6 is 0 Å². The molecule has 0 fully saturated rings. The third-order valence-corrected chi connectivity index (χ3v) is 6.92. The maximum Gasteiger partial charge on any atom is 0.274 e. The van der Waals surface area contributed by atoms with Crippen LogP contribution in [0, 0.1) is 0 Å². The number of nitrogens with one attached hydrogen (secondary N) is 2. The fourth-order valence-electron chi connectivity index (χ4n) is 3.83. The lowest BCUT2D eigenvalue weighted by Gasteiger charge is -2.11. The van der Waals surface area contributed by atoms with E-state index in [4.69, 9.17) is 0 Å². The first-order valence-corrected chi connectivity index (χ1v) is 12.7. The van der Waals surface area contributed by atoms with Crippen LogP contribution < -0.4 is 10.0 Å². The topological polar surface area (TPSA) is 105 Å². The molecule has 4 aromatic rings. The lowest BCUT2D eigenvalue weighted by molar-refractivity contribution is 0.101. The van der Waals surface area contributed by atoms with Gasteiger partial charge in [0.05, 0.1) is 16.3 Å². The van der Waals surface area contributed by atoms with Crippen LogP contribution in [0.5, 0.6) is 0 Å². The Bertz CT molecular complexity index is 1500. The van der Waals surface area contributed by atoms with Crippen molar-refractivity contribution >= 4 is 27.5 Å². The monoisotopic (exact) mass is 485 g/mol. The smallest absolute Gasteiger partial charge is 0.274 e. The minimum Gasteiger partial charge on any atom is -0.321 e. The number of amidine groups is 1. The van der Waals surface area contributed by atoms with Gasteiger partial charge in [-0.2, -0.15) is 5.10 Å². The minimum atomic E-state index is -3.80. The molecule has 9 heteroatoms. The number of amides is 1. The molecule has 1 aromatic heterocycles. The Morgan fingerprint density at radius 2 is 1.63 bits per heavy atom. The van der Waals surface area contributed by atoms with Crippen LogP contribution in [0.25, 0.3) is 16.9 Å². The van der Waals surface area contributed by atoms with Crippen molar-refractivity contribution in [3.8, 4) is 16.9 Å². The molecule has 0 bridgehead atoms. The van der Waals surface area contributed by atoms with E-state index in [-0.39, 0.29) is 4.90 Å². The molecule has 5 rings (SSSR count). The van der Waals surface area contributed by atoms with Gasteiger partial charge in [-0.15, -0.1) is 0 Å². The largest absolute Gasteiger partial charge is 0.321 e. The Hall–Kier alpha value is -4.24. The number of aliphatic imine (C=N–C) groups is 1.